The Morgan fingerprint density at radius 3 is 2.48 bits per heavy atom. The van der Waals surface area contributed by atoms with E-state index in [0.717, 1.165) is 24.6 Å². The van der Waals surface area contributed by atoms with Crippen LogP contribution >= 0.6 is 24.0 Å². The van der Waals surface area contributed by atoms with E-state index in [-0.39, 0.29) is 35.8 Å². The third-order valence-corrected chi connectivity index (χ3v) is 4.87. The molecule has 0 aromatic carbocycles. The lowest BCUT2D eigenvalue weighted by molar-refractivity contribution is 0.599. The van der Waals surface area contributed by atoms with Crippen LogP contribution < -0.4 is 10.6 Å². The fraction of sp³-hybridized carbons (Fsp3) is 0.750. The quantitative estimate of drug-likeness (QED) is 0.253. The Balaban J connectivity index is 0.00000576. The van der Waals surface area contributed by atoms with Gasteiger partial charge in [0.2, 0.25) is 0 Å². The number of guanidine groups is 1. The van der Waals surface area contributed by atoms with Crippen LogP contribution in [0.1, 0.15) is 37.2 Å². The van der Waals surface area contributed by atoms with Crippen molar-refractivity contribution in [1.29, 1.82) is 0 Å². The van der Waals surface area contributed by atoms with Crippen molar-refractivity contribution in [3.8, 4) is 0 Å². The Hall–Kier alpha value is -0.840. The van der Waals surface area contributed by atoms with Gasteiger partial charge in [0, 0.05) is 38.1 Å². The summed E-state index contributed by atoms with van der Waals surface area (Å²) in [5.74, 6) is 0.886. The Kier molecular flexibility index (Phi) is 10.6. The summed E-state index contributed by atoms with van der Waals surface area (Å²) in [6, 6.07) is 0.194. The molecule has 0 aliphatic carbocycles. The third-order valence-electron chi connectivity index (χ3n) is 3.84. The Labute approximate surface area is 169 Å². The number of aromatic nitrogens is 2. The zero-order chi connectivity index (χ0) is 18.3. The maximum atomic E-state index is 11.2. The summed E-state index contributed by atoms with van der Waals surface area (Å²) < 4.78 is 24.2. The Bertz CT molecular complexity index is 670. The summed E-state index contributed by atoms with van der Waals surface area (Å²) in [5, 5.41) is 11.0. The second kappa shape index (κ2) is 11.0. The van der Waals surface area contributed by atoms with Gasteiger partial charge in [0.05, 0.1) is 11.4 Å². The molecule has 1 aromatic rings. The largest absolute Gasteiger partial charge is 0.357 e. The van der Waals surface area contributed by atoms with Gasteiger partial charge in [0.15, 0.2) is 5.96 Å². The number of nitrogens with zero attached hydrogens (tertiary/aromatic N) is 3. The van der Waals surface area contributed by atoms with Gasteiger partial charge in [0.1, 0.15) is 9.84 Å². The van der Waals surface area contributed by atoms with Crippen LogP contribution in [0.15, 0.2) is 4.99 Å². The molecule has 0 saturated heterocycles. The number of rotatable bonds is 8. The molecule has 1 aromatic heterocycles. The summed E-state index contributed by atoms with van der Waals surface area (Å²) in [7, 11) is -0.969. The van der Waals surface area contributed by atoms with Crippen LogP contribution in [-0.2, 0) is 23.3 Å². The minimum atomic E-state index is -2.92. The Morgan fingerprint density at radius 1 is 1.36 bits per heavy atom. The SMILES string of the molecule is CCNC(=NCCCS(C)(=O)=O)NC(C)Cc1c(C)nn(C)c1C.I. The second-order valence-corrected chi connectivity index (χ2v) is 8.53. The van der Waals surface area contributed by atoms with Gasteiger partial charge >= 0.3 is 0 Å². The lowest BCUT2D eigenvalue weighted by Gasteiger charge is -2.18. The van der Waals surface area contributed by atoms with Gasteiger partial charge < -0.3 is 10.6 Å². The van der Waals surface area contributed by atoms with Crippen molar-refractivity contribution in [3.63, 3.8) is 0 Å². The van der Waals surface area contributed by atoms with Crippen LogP contribution in [0.4, 0.5) is 0 Å². The summed E-state index contributed by atoms with van der Waals surface area (Å²) in [5.41, 5.74) is 3.49. The molecule has 0 aliphatic rings. The molecule has 1 atom stereocenters. The maximum absolute atomic E-state index is 11.2. The topological polar surface area (TPSA) is 88.4 Å². The molecule has 9 heteroatoms. The number of halogens is 1. The molecule has 0 spiro atoms. The normalized spacial score (nSPS) is 13.3. The first-order valence-corrected chi connectivity index (χ1v) is 10.4. The van der Waals surface area contributed by atoms with E-state index >= 15 is 0 Å². The van der Waals surface area contributed by atoms with Gasteiger partial charge in [-0.3, -0.25) is 9.67 Å². The van der Waals surface area contributed by atoms with Gasteiger partial charge in [-0.25, -0.2) is 8.42 Å². The lowest BCUT2D eigenvalue weighted by Crippen LogP contribution is -2.43. The van der Waals surface area contributed by atoms with Crippen LogP contribution in [0.5, 0.6) is 0 Å². The highest BCUT2D eigenvalue weighted by molar-refractivity contribution is 14.0. The fourth-order valence-corrected chi connectivity index (χ4v) is 3.19. The molecular weight excluding hydrogens is 453 g/mol. The molecule has 0 saturated carbocycles. The molecule has 0 amide bonds. The molecule has 0 fully saturated rings. The van der Waals surface area contributed by atoms with Crippen molar-refractivity contribution in [2.45, 2.75) is 46.6 Å². The van der Waals surface area contributed by atoms with Gasteiger partial charge in [-0.2, -0.15) is 5.10 Å². The number of hydrogen-bond acceptors (Lipinski definition) is 4. The van der Waals surface area contributed by atoms with Crippen molar-refractivity contribution < 1.29 is 8.42 Å². The van der Waals surface area contributed by atoms with Crippen LogP contribution in [0, 0.1) is 13.8 Å². The third kappa shape index (κ3) is 8.89. The molecule has 7 nitrogen and oxygen atoms in total. The van der Waals surface area contributed by atoms with E-state index in [4.69, 9.17) is 0 Å². The van der Waals surface area contributed by atoms with Crippen molar-refractivity contribution in [2.75, 3.05) is 25.1 Å². The molecule has 146 valence electrons. The second-order valence-electron chi connectivity index (χ2n) is 6.27. The molecule has 0 aliphatic heterocycles. The monoisotopic (exact) mass is 485 g/mol. The molecule has 1 rings (SSSR count). The molecular formula is C16H32IN5O2S. The minimum absolute atomic E-state index is 0. The van der Waals surface area contributed by atoms with Crippen molar-refractivity contribution in [3.05, 3.63) is 17.0 Å². The first kappa shape index (κ1) is 24.2. The highest BCUT2D eigenvalue weighted by atomic mass is 127. The summed E-state index contributed by atoms with van der Waals surface area (Å²) in [6.07, 6.45) is 2.64. The first-order chi connectivity index (χ1) is 11.1. The zero-order valence-corrected chi connectivity index (χ0v) is 19.2. The standard InChI is InChI=1S/C16H31N5O2S.HI/c1-7-17-16(18-9-8-10-24(6,22)23)19-12(2)11-15-13(3)20-21(5)14(15)4;/h12H,7-11H2,1-6H3,(H2,17,18,19);1H. The van der Waals surface area contributed by atoms with Gasteiger partial charge in [0.25, 0.3) is 0 Å². The predicted octanol–water partition coefficient (Wildman–Crippen LogP) is 1.58. The van der Waals surface area contributed by atoms with E-state index in [2.05, 4.69) is 34.6 Å². The molecule has 2 N–H and O–H groups in total. The van der Waals surface area contributed by atoms with E-state index in [1.54, 1.807) is 0 Å². The van der Waals surface area contributed by atoms with Gasteiger partial charge in [-0.05, 0) is 46.1 Å². The van der Waals surface area contributed by atoms with Crippen LogP contribution in [0.3, 0.4) is 0 Å². The Morgan fingerprint density at radius 2 is 2.00 bits per heavy atom. The summed E-state index contributed by atoms with van der Waals surface area (Å²) in [6.45, 7) is 9.46. The zero-order valence-electron chi connectivity index (χ0n) is 16.1. The van der Waals surface area contributed by atoms with E-state index in [9.17, 15) is 8.42 Å². The van der Waals surface area contributed by atoms with Gasteiger partial charge in [-0.1, -0.05) is 0 Å². The highest BCUT2D eigenvalue weighted by Crippen LogP contribution is 2.14. The smallest absolute Gasteiger partial charge is 0.191 e. The van der Waals surface area contributed by atoms with Crippen LogP contribution in [-0.4, -0.2) is 55.3 Å². The van der Waals surface area contributed by atoms with E-state index in [1.807, 2.05) is 25.6 Å². The average molecular weight is 485 g/mol. The van der Waals surface area contributed by atoms with Crippen molar-refractivity contribution >= 4 is 39.8 Å². The fourth-order valence-electron chi connectivity index (χ4n) is 2.54. The number of aryl methyl sites for hydroxylation is 2. The lowest BCUT2D eigenvalue weighted by atomic mass is 10.1. The number of hydrogen-bond donors (Lipinski definition) is 2. The van der Waals surface area contributed by atoms with E-state index < -0.39 is 9.84 Å². The van der Waals surface area contributed by atoms with E-state index in [1.165, 1.54) is 17.5 Å². The predicted molar refractivity (Wildman–Crippen MR) is 115 cm³/mol. The molecule has 25 heavy (non-hydrogen) atoms. The molecule has 0 bridgehead atoms. The minimum Gasteiger partial charge on any atom is -0.357 e. The van der Waals surface area contributed by atoms with E-state index in [0.29, 0.717) is 13.0 Å². The molecule has 1 heterocycles. The van der Waals surface area contributed by atoms with Crippen molar-refractivity contribution in [2.24, 2.45) is 12.0 Å². The number of sulfone groups is 1. The van der Waals surface area contributed by atoms with Gasteiger partial charge in [-0.15, -0.1) is 24.0 Å². The van der Waals surface area contributed by atoms with Crippen LogP contribution in [0.2, 0.25) is 0 Å². The summed E-state index contributed by atoms with van der Waals surface area (Å²) in [4.78, 5) is 4.46. The van der Waals surface area contributed by atoms with Crippen LogP contribution in [0.25, 0.3) is 0 Å². The highest BCUT2D eigenvalue weighted by Gasteiger charge is 2.14. The molecule has 1 unspecified atom stereocenters. The van der Waals surface area contributed by atoms with Crippen molar-refractivity contribution in [1.82, 2.24) is 20.4 Å². The first-order valence-electron chi connectivity index (χ1n) is 8.35. The number of aliphatic imine (C=N–C) groups is 1. The summed E-state index contributed by atoms with van der Waals surface area (Å²) >= 11 is 0. The molecule has 0 radical (unpaired) electrons. The average Bonchev–Trinajstić information content (AvgIpc) is 2.69. The maximum Gasteiger partial charge on any atom is 0.191 e. The number of nitrogens with one attached hydrogen (secondary N) is 2.